The Morgan fingerprint density at radius 2 is 1.35 bits per heavy atom. The van der Waals surface area contributed by atoms with Gasteiger partial charge in [0.2, 0.25) is 10.0 Å². The van der Waals surface area contributed by atoms with Gasteiger partial charge < -0.3 is 4.74 Å². The van der Waals surface area contributed by atoms with Crippen molar-refractivity contribution in [3.8, 4) is 0 Å². The third-order valence-electron chi connectivity index (χ3n) is 6.46. The predicted molar refractivity (Wildman–Crippen MR) is 134 cm³/mol. The Morgan fingerprint density at radius 1 is 0.794 bits per heavy atom. The van der Waals surface area contributed by atoms with Gasteiger partial charge in [0.1, 0.15) is 5.60 Å². The maximum atomic E-state index is 13.8. The maximum absolute atomic E-state index is 13.8. The molecule has 1 saturated heterocycles. The lowest BCUT2D eigenvalue weighted by atomic mass is 9.76. The van der Waals surface area contributed by atoms with E-state index in [9.17, 15) is 8.42 Å². The van der Waals surface area contributed by atoms with E-state index in [1.807, 2.05) is 110 Å². The summed E-state index contributed by atoms with van der Waals surface area (Å²) in [6.45, 7) is 2.57. The Labute approximate surface area is 201 Å². The van der Waals surface area contributed by atoms with Crippen LogP contribution in [0, 0.1) is 6.92 Å². The zero-order valence-corrected chi connectivity index (χ0v) is 19.9. The van der Waals surface area contributed by atoms with Crippen LogP contribution in [0.25, 0.3) is 0 Å². The standard InChI is InChI=1S/C29H27NO3S/c1-23-17-19-27(20-18-23)34(31,32)30-22-29(26-15-9-4-10-16-26,28(30)25-13-7-3-8-14-25)33-21-24-11-5-2-6-12-24/h2-20,28H,21-22H2,1H3/t28-,29-/m0/s1. The first-order valence-corrected chi connectivity index (χ1v) is 12.8. The predicted octanol–water partition coefficient (Wildman–Crippen LogP) is 5.85. The number of rotatable bonds is 7. The van der Waals surface area contributed by atoms with Gasteiger partial charge in [-0.2, -0.15) is 4.31 Å². The summed E-state index contributed by atoms with van der Waals surface area (Å²) in [4.78, 5) is 0.295. The van der Waals surface area contributed by atoms with Crippen LogP contribution >= 0.6 is 0 Å². The molecule has 0 amide bonds. The molecule has 172 valence electrons. The SMILES string of the molecule is Cc1ccc(S(=O)(=O)N2C[C@](OCc3ccccc3)(c3ccccc3)[C@@H]2c2ccccc2)cc1. The summed E-state index contributed by atoms with van der Waals surface area (Å²) in [5.74, 6) is 0. The molecule has 0 N–H and O–H groups in total. The molecule has 4 aromatic rings. The lowest BCUT2D eigenvalue weighted by molar-refractivity contribution is -0.176. The smallest absolute Gasteiger partial charge is 0.243 e. The van der Waals surface area contributed by atoms with Gasteiger partial charge in [0.25, 0.3) is 0 Å². The van der Waals surface area contributed by atoms with Crippen molar-refractivity contribution in [2.75, 3.05) is 6.54 Å². The molecule has 5 heteroatoms. The van der Waals surface area contributed by atoms with Gasteiger partial charge in [0.15, 0.2) is 0 Å². The molecule has 1 aliphatic heterocycles. The van der Waals surface area contributed by atoms with Crippen LogP contribution in [0.3, 0.4) is 0 Å². The van der Waals surface area contributed by atoms with Crippen LogP contribution in [0.4, 0.5) is 0 Å². The fraction of sp³-hybridized carbons (Fsp3) is 0.172. The van der Waals surface area contributed by atoms with Gasteiger partial charge in [-0.15, -0.1) is 0 Å². The number of ether oxygens (including phenoxy) is 1. The molecular weight excluding hydrogens is 442 g/mol. The zero-order chi connectivity index (χ0) is 23.6. The molecule has 4 nitrogen and oxygen atoms in total. The Kier molecular flexibility index (Phi) is 6.09. The molecule has 2 atom stereocenters. The Hall–Kier alpha value is -3.25. The van der Waals surface area contributed by atoms with Crippen molar-refractivity contribution in [3.63, 3.8) is 0 Å². The monoisotopic (exact) mass is 469 g/mol. The summed E-state index contributed by atoms with van der Waals surface area (Å²) in [5, 5.41) is 0. The van der Waals surface area contributed by atoms with E-state index in [1.54, 1.807) is 16.4 Å². The quantitative estimate of drug-likeness (QED) is 0.341. The highest BCUT2D eigenvalue weighted by Gasteiger charge is 2.60. The van der Waals surface area contributed by atoms with Gasteiger partial charge in [-0.3, -0.25) is 0 Å². The maximum Gasteiger partial charge on any atom is 0.243 e. The normalized spacial score (nSPS) is 20.6. The van der Waals surface area contributed by atoms with Gasteiger partial charge in [-0.05, 0) is 35.7 Å². The Balaban J connectivity index is 1.60. The van der Waals surface area contributed by atoms with Gasteiger partial charge >= 0.3 is 0 Å². The van der Waals surface area contributed by atoms with Gasteiger partial charge in [0, 0.05) is 0 Å². The molecule has 0 unspecified atom stereocenters. The largest absolute Gasteiger partial charge is 0.362 e. The number of aryl methyl sites for hydroxylation is 1. The third-order valence-corrected chi connectivity index (χ3v) is 8.29. The minimum atomic E-state index is -3.72. The molecule has 0 aliphatic carbocycles. The highest BCUT2D eigenvalue weighted by molar-refractivity contribution is 7.89. The number of hydrogen-bond donors (Lipinski definition) is 0. The second-order valence-corrected chi connectivity index (χ2v) is 10.6. The summed E-state index contributed by atoms with van der Waals surface area (Å²) in [6.07, 6.45) is 0. The minimum absolute atomic E-state index is 0.236. The van der Waals surface area contributed by atoms with Crippen molar-refractivity contribution >= 4 is 10.0 Å². The lowest BCUT2D eigenvalue weighted by Gasteiger charge is -2.56. The first-order chi connectivity index (χ1) is 16.5. The van der Waals surface area contributed by atoms with E-state index in [0.717, 1.165) is 22.3 Å². The molecule has 0 aromatic heterocycles. The molecule has 5 rings (SSSR count). The van der Waals surface area contributed by atoms with Crippen LogP contribution in [0.1, 0.15) is 28.3 Å². The zero-order valence-electron chi connectivity index (χ0n) is 19.0. The van der Waals surface area contributed by atoms with Crippen molar-refractivity contribution in [2.24, 2.45) is 0 Å². The van der Waals surface area contributed by atoms with Crippen molar-refractivity contribution < 1.29 is 13.2 Å². The molecule has 34 heavy (non-hydrogen) atoms. The molecule has 1 heterocycles. The van der Waals surface area contributed by atoms with Gasteiger partial charge in [-0.1, -0.05) is 109 Å². The summed E-state index contributed by atoms with van der Waals surface area (Å²) < 4.78 is 35.8. The summed E-state index contributed by atoms with van der Waals surface area (Å²) in [7, 11) is -3.72. The second-order valence-electron chi connectivity index (χ2n) is 8.71. The molecule has 0 spiro atoms. The van der Waals surface area contributed by atoms with Gasteiger partial charge in [0.05, 0.1) is 24.1 Å². The lowest BCUT2D eigenvalue weighted by Crippen LogP contribution is -2.64. The van der Waals surface area contributed by atoms with Crippen LogP contribution in [-0.2, 0) is 27.0 Å². The summed E-state index contributed by atoms with van der Waals surface area (Å²) in [6, 6.07) is 36.3. The number of sulfonamides is 1. The first kappa shape index (κ1) is 22.5. The van der Waals surface area contributed by atoms with Crippen LogP contribution in [0.5, 0.6) is 0 Å². The van der Waals surface area contributed by atoms with Crippen molar-refractivity contribution in [1.82, 2.24) is 4.31 Å². The molecule has 0 radical (unpaired) electrons. The summed E-state index contributed by atoms with van der Waals surface area (Å²) in [5.41, 5.74) is 3.13. The molecule has 1 aliphatic rings. The van der Waals surface area contributed by atoms with Crippen molar-refractivity contribution in [1.29, 1.82) is 0 Å². The Morgan fingerprint density at radius 3 is 1.97 bits per heavy atom. The van der Waals surface area contributed by atoms with Crippen LogP contribution in [0.15, 0.2) is 120 Å². The van der Waals surface area contributed by atoms with Gasteiger partial charge in [-0.25, -0.2) is 8.42 Å². The van der Waals surface area contributed by atoms with E-state index < -0.39 is 21.7 Å². The van der Waals surface area contributed by atoms with E-state index in [0.29, 0.717) is 11.5 Å². The number of hydrogen-bond acceptors (Lipinski definition) is 3. The van der Waals surface area contributed by atoms with Crippen LogP contribution in [0.2, 0.25) is 0 Å². The fourth-order valence-corrected chi connectivity index (χ4v) is 6.32. The Bertz CT molecular complexity index is 1340. The first-order valence-electron chi connectivity index (χ1n) is 11.4. The molecule has 1 fully saturated rings. The fourth-order valence-electron chi connectivity index (χ4n) is 4.63. The summed E-state index contributed by atoms with van der Waals surface area (Å²) >= 11 is 0. The average Bonchev–Trinajstić information content (AvgIpc) is 2.86. The van der Waals surface area contributed by atoms with E-state index in [4.69, 9.17) is 4.74 Å². The van der Waals surface area contributed by atoms with E-state index in [-0.39, 0.29) is 6.54 Å². The van der Waals surface area contributed by atoms with E-state index in [1.165, 1.54) is 0 Å². The average molecular weight is 470 g/mol. The number of nitrogens with zero attached hydrogens (tertiary/aromatic N) is 1. The highest BCUT2D eigenvalue weighted by atomic mass is 32.2. The second kappa shape index (κ2) is 9.18. The minimum Gasteiger partial charge on any atom is -0.362 e. The molecule has 0 bridgehead atoms. The third kappa shape index (κ3) is 4.07. The van der Waals surface area contributed by atoms with E-state index in [2.05, 4.69) is 0 Å². The van der Waals surface area contributed by atoms with Crippen molar-refractivity contribution in [2.45, 2.75) is 30.1 Å². The highest BCUT2D eigenvalue weighted by Crippen LogP contribution is 2.54. The van der Waals surface area contributed by atoms with Crippen LogP contribution < -0.4 is 0 Å². The molecule has 0 saturated carbocycles. The van der Waals surface area contributed by atoms with Crippen LogP contribution in [-0.4, -0.2) is 19.3 Å². The van der Waals surface area contributed by atoms with E-state index >= 15 is 0 Å². The van der Waals surface area contributed by atoms with Crippen molar-refractivity contribution in [3.05, 3.63) is 138 Å². The molecule has 4 aromatic carbocycles. The topological polar surface area (TPSA) is 46.6 Å². The molecular formula is C29H27NO3S. The number of benzene rings is 4.